The van der Waals surface area contributed by atoms with Gasteiger partial charge >= 0.3 is 0 Å². The predicted octanol–water partition coefficient (Wildman–Crippen LogP) is 2.99. The highest BCUT2D eigenvalue weighted by Crippen LogP contribution is 2.28. The summed E-state index contributed by atoms with van der Waals surface area (Å²) in [7, 11) is 0. The Balaban J connectivity index is 1.79. The van der Waals surface area contributed by atoms with Gasteiger partial charge in [-0.2, -0.15) is 0 Å². The monoisotopic (exact) mass is 316 g/mol. The zero-order valence-electron chi connectivity index (χ0n) is 14.0. The van der Waals surface area contributed by atoms with Crippen molar-refractivity contribution in [2.45, 2.75) is 51.4 Å². The minimum absolute atomic E-state index is 0.0618. The Morgan fingerprint density at radius 3 is 2.57 bits per heavy atom. The van der Waals surface area contributed by atoms with Crippen LogP contribution in [0.4, 0.5) is 0 Å². The molecule has 2 amide bonds. The number of carbonyl (C=O) groups is 2. The van der Waals surface area contributed by atoms with Crippen molar-refractivity contribution >= 4 is 11.8 Å². The summed E-state index contributed by atoms with van der Waals surface area (Å²) >= 11 is 0. The van der Waals surface area contributed by atoms with Gasteiger partial charge in [0, 0.05) is 19.0 Å². The molecule has 4 nitrogen and oxygen atoms in total. The first kappa shape index (κ1) is 17.5. The van der Waals surface area contributed by atoms with Crippen LogP contribution in [-0.4, -0.2) is 24.9 Å². The zero-order valence-corrected chi connectivity index (χ0v) is 14.0. The van der Waals surface area contributed by atoms with E-state index in [2.05, 4.69) is 17.6 Å². The van der Waals surface area contributed by atoms with Crippen LogP contribution in [0.15, 0.2) is 30.3 Å². The van der Waals surface area contributed by atoms with E-state index in [4.69, 9.17) is 0 Å². The van der Waals surface area contributed by atoms with Crippen LogP contribution >= 0.6 is 0 Å². The average Bonchev–Trinajstić information content (AvgIpc) is 2.96. The zero-order chi connectivity index (χ0) is 16.5. The lowest BCUT2D eigenvalue weighted by Crippen LogP contribution is -2.37. The van der Waals surface area contributed by atoms with E-state index >= 15 is 0 Å². The molecule has 0 aliphatic carbocycles. The Hall–Kier alpha value is -1.84. The maximum Gasteiger partial charge on any atom is 0.233 e. The fourth-order valence-electron chi connectivity index (χ4n) is 3.16. The minimum atomic E-state index is -0.600. The molecule has 0 bridgehead atoms. The van der Waals surface area contributed by atoms with E-state index in [0.717, 1.165) is 18.4 Å². The molecule has 1 aromatic carbocycles. The second-order valence-electron chi connectivity index (χ2n) is 6.30. The van der Waals surface area contributed by atoms with Gasteiger partial charge in [0.15, 0.2) is 0 Å². The van der Waals surface area contributed by atoms with Crippen molar-refractivity contribution in [2.24, 2.45) is 5.92 Å². The maximum atomic E-state index is 12.4. The molecule has 1 aromatic rings. The highest BCUT2D eigenvalue weighted by Gasteiger charge is 2.40. The van der Waals surface area contributed by atoms with Crippen molar-refractivity contribution in [1.82, 2.24) is 10.6 Å². The lowest BCUT2D eigenvalue weighted by molar-refractivity contribution is -0.133. The first-order valence-corrected chi connectivity index (χ1v) is 8.84. The fraction of sp³-hybridized carbons (Fsp3) is 0.579. The molecule has 0 aromatic heterocycles. The molecule has 2 N–H and O–H groups in total. The van der Waals surface area contributed by atoms with Crippen LogP contribution in [0.25, 0.3) is 0 Å². The highest BCUT2D eigenvalue weighted by atomic mass is 16.2. The smallest absolute Gasteiger partial charge is 0.233 e. The predicted molar refractivity (Wildman–Crippen MR) is 92.1 cm³/mol. The van der Waals surface area contributed by atoms with Gasteiger partial charge in [-0.3, -0.25) is 9.59 Å². The number of amides is 2. The SMILES string of the molecule is CCCCCCCCNC(=O)[C@H]1C(=O)NC[C@@H]1c1ccccc1. The first-order chi connectivity index (χ1) is 11.2. The van der Waals surface area contributed by atoms with E-state index < -0.39 is 5.92 Å². The number of nitrogens with one attached hydrogen (secondary N) is 2. The molecule has 0 radical (unpaired) electrons. The molecule has 1 fully saturated rings. The summed E-state index contributed by atoms with van der Waals surface area (Å²) in [4.78, 5) is 24.4. The third kappa shape index (κ3) is 5.08. The summed E-state index contributed by atoms with van der Waals surface area (Å²) in [5, 5.41) is 5.77. The van der Waals surface area contributed by atoms with Crippen LogP contribution in [0.1, 0.15) is 56.9 Å². The van der Waals surface area contributed by atoms with Gasteiger partial charge in [0.25, 0.3) is 0 Å². The molecule has 1 heterocycles. The molecule has 2 atom stereocenters. The van der Waals surface area contributed by atoms with E-state index in [1.807, 2.05) is 30.3 Å². The molecule has 4 heteroatoms. The largest absolute Gasteiger partial charge is 0.355 e. The third-order valence-electron chi connectivity index (χ3n) is 4.52. The maximum absolute atomic E-state index is 12.4. The summed E-state index contributed by atoms with van der Waals surface area (Å²) in [6.07, 6.45) is 7.15. The molecule has 2 rings (SSSR count). The Bertz CT molecular complexity index is 501. The van der Waals surface area contributed by atoms with Gasteiger partial charge in [-0.05, 0) is 12.0 Å². The van der Waals surface area contributed by atoms with Gasteiger partial charge in [0.05, 0.1) is 0 Å². The Morgan fingerprint density at radius 2 is 1.83 bits per heavy atom. The Labute approximate surface area is 139 Å². The Morgan fingerprint density at radius 1 is 1.13 bits per heavy atom. The first-order valence-electron chi connectivity index (χ1n) is 8.84. The molecular weight excluding hydrogens is 288 g/mol. The lowest BCUT2D eigenvalue weighted by Gasteiger charge is -2.17. The molecular formula is C19H28N2O2. The molecule has 126 valence electrons. The molecule has 1 saturated heterocycles. The van der Waals surface area contributed by atoms with Crippen molar-refractivity contribution in [3.63, 3.8) is 0 Å². The minimum Gasteiger partial charge on any atom is -0.355 e. The summed E-state index contributed by atoms with van der Waals surface area (Å²) in [5.74, 6) is -0.951. The van der Waals surface area contributed by atoms with Crippen molar-refractivity contribution in [3.05, 3.63) is 35.9 Å². The molecule has 0 spiro atoms. The van der Waals surface area contributed by atoms with E-state index in [9.17, 15) is 9.59 Å². The van der Waals surface area contributed by atoms with Crippen LogP contribution < -0.4 is 10.6 Å². The van der Waals surface area contributed by atoms with E-state index in [1.165, 1.54) is 25.7 Å². The van der Waals surface area contributed by atoms with Crippen molar-refractivity contribution in [3.8, 4) is 0 Å². The number of rotatable bonds is 9. The topological polar surface area (TPSA) is 58.2 Å². The van der Waals surface area contributed by atoms with E-state index in [1.54, 1.807) is 0 Å². The van der Waals surface area contributed by atoms with Crippen LogP contribution in [0, 0.1) is 5.92 Å². The lowest BCUT2D eigenvalue weighted by atomic mass is 9.88. The van der Waals surface area contributed by atoms with Crippen LogP contribution in [0.5, 0.6) is 0 Å². The summed E-state index contributed by atoms with van der Waals surface area (Å²) in [6, 6.07) is 9.81. The number of hydrogen-bond donors (Lipinski definition) is 2. The number of carbonyl (C=O) groups excluding carboxylic acids is 2. The second kappa shape index (κ2) is 9.33. The van der Waals surface area contributed by atoms with Crippen molar-refractivity contribution < 1.29 is 9.59 Å². The standard InChI is InChI=1S/C19H28N2O2/c1-2-3-4-5-6-10-13-20-18(22)17-16(14-21-19(17)23)15-11-8-7-9-12-15/h7-9,11-12,16-17H,2-6,10,13-14H2,1H3,(H,20,22)(H,21,23)/t16-,17+/m1/s1. The Kier molecular flexibility index (Phi) is 7.11. The highest BCUT2D eigenvalue weighted by molar-refractivity contribution is 6.03. The number of benzene rings is 1. The molecule has 1 aliphatic heterocycles. The van der Waals surface area contributed by atoms with Crippen molar-refractivity contribution in [1.29, 1.82) is 0 Å². The number of hydrogen-bond acceptors (Lipinski definition) is 2. The quantitative estimate of drug-likeness (QED) is 0.543. The van der Waals surface area contributed by atoms with Crippen LogP contribution in [-0.2, 0) is 9.59 Å². The van der Waals surface area contributed by atoms with Crippen LogP contribution in [0.2, 0.25) is 0 Å². The van der Waals surface area contributed by atoms with Gasteiger partial charge in [-0.1, -0.05) is 69.4 Å². The van der Waals surface area contributed by atoms with Gasteiger partial charge < -0.3 is 10.6 Å². The number of unbranched alkanes of at least 4 members (excludes halogenated alkanes) is 5. The molecule has 1 aliphatic rings. The molecule has 0 saturated carbocycles. The second-order valence-corrected chi connectivity index (χ2v) is 6.30. The van der Waals surface area contributed by atoms with Gasteiger partial charge in [0.2, 0.25) is 11.8 Å². The van der Waals surface area contributed by atoms with Crippen LogP contribution in [0.3, 0.4) is 0 Å². The summed E-state index contributed by atoms with van der Waals surface area (Å²) in [5.41, 5.74) is 1.05. The molecule has 23 heavy (non-hydrogen) atoms. The fourth-order valence-corrected chi connectivity index (χ4v) is 3.16. The van der Waals surface area contributed by atoms with Crippen molar-refractivity contribution in [2.75, 3.05) is 13.1 Å². The van der Waals surface area contributed by atoms with Gasteiger partial charge in [-0.15, -0.1) is 0 Å². The summed E-state index contributed by atoms with van der Waals surface area (Å²) in [6.45, 7) is 3.41. The summed E-state index contributed by atoms with van der Waals surface area (Å²) < 4.78 is 0. The van der Waals surface area contributed by atoms with E-state index in [-0.39, 0.29) is 17.7 Å². The van der Waals surface area contributed by atoms with Gasteiger partial charge in [0.1, 0.15) is 5.92 Å². The average molecular weight is 316 g/mol. The van der Waals surface area contributed by atoms with E-state index in [0.29, 0.717) is 13.1 Å². The third-order valence-corrected chi connectivity index (χ3v) is 4.52. The van der Waals surface area contributed by atoms with Gasteiger partial charge in [-0.25, -0.2) is 0 Å². The normalized spacial score (nSPS) is 20.3. The molecule has 0 unspecified atom stereocenters.